The van der Waals surface area contributed by atoms with Gasteiger partial charge in [0.25, 0.3) is 0 Å². The highest BCUT2D eigenvalue weighted by Crippen LogP contribution is 2.23. The van der Waals surface area contributed by atoms with Crippen LogP contribution in [0.1, 0.15) is 27.7 Å². The molecule has 0 aliphatic carbocycles. The lowest BCUT2D eigenvalue weighted by atomic mass is 9.97. The topological polar surface area (TPSA) is 34.9 Å². The zero-order chi connectivity index (χ0) is 14.7. The van der Waals surface area contributed by atoms with Crippen molar-refractivity contribution in [3.8, 4) is 0 Å². The van der Waals surface area contributed by atoms with Crippen molar-refractivity contribution in [2.45, 2.75) is 13.0 Å². The van der Waals surface area contributed by atoms with Crippen molar-refractivity contribution in [3.05, 3.63) is 89.7 Å². The van der Waals surface area contributed by atoms with Gasteiger partial charge in [0, 0.05) is 17.5 Å². The second kappa shape index (κ2) is 5.75. The first-order valence-corrected chi connectivity index (χ1v) is 6.91. The molecule has 0 aliphatic heterocycles. The van der Waals surface area contributed by atoms with E-state index in [0.717, 1.165) is 11.3 Å². The summed E-state index contributed by atoms with van der Waals surface area (Å²) in [6, 6.07) is 20.6. The van der Waals surface area contributed by atoms with Crippen molar-refractivity contribution in [2.75, 3.05) is 0 Å². The van der Waals surface area contributed by atoms with E-state index in [2.05, 4.69) is 5.10 Å². The minimum absolute atomic E-state index is 0.0496. The highest BCUT2D eigenvalue weighted by molar-refractivity contribution is 6.00. The van der Waals surface area contributed by atoms with E-state index < -0.39 is 6.04 Å². The van der Waals surface area contributed by atoms with Gasteiger partial charge in [-0.2, -0.15) is 5.10 Å². The normalized spacial score (nSPS) is 12.0. The van der Waals surface area contributed by atoms with Gasteiger partial charge in [-0.15, -0.1) is 0 Å². The molecule has 3 rings (SSSR count). The summed E-state index contributed by atoms with van der Waals surface area (Å²) in [5, 5.41) is 4.33. The summed E-state index contributed by atoms with van der Waals surface area (Å²) in [6.45, 7) is 1.96. The number of rotatable bonds is 4. The van der Waals surface area contributed by atoms with E-state index in [1.54, 1.807) is 10.9 Å². The maximum absolute atomic E-state index is 12.9. The predicted molar refractivity (Wildman–Crippen MR) is 82.3 cm³/mol. The number of aryl methyl sites for hydroxylation is 1. The summed E-state index contributed by atoms with van der Waals surface area (Å²) in [5.74, 6) is 0.0496. The van der Waals surface area contributed by atoms with Crippen molar-refractivity contribution in [1.29, 1.82) is 0 Å². The second-order valence-electron chi connectivity index (χ2n) is 4.96. The highest BCUT2D eigenvalue weighted by atomic mass is 16.1. The minimum Gasteiger partial charge on any atom is -0.291 e. The van der Waals surface area contributed by atoms with Gasteiger partial charge in [-0.25, -0.2) is 0 Å². The highest BCUT2D eigenvalue weighted by Gasteiger charge is 2.25. The molecule has 1 unspecified atom stereocenters. The first-order valence-electron chi connectivity index (χ1n) is 6.91. The van der Waals surface area contributed by atoms with E-state index in [-0.39, 0.29) is 5.78 Å². The van der Waals surface area contributed by atoms with Crippen LogP contribution < -0.4 is 0 Å². The number of Topliss-reactive ketones (excluding diaryl/α,β-unsaturated/α-hetero) is 1. The lowest BCUT2D eigenvalue weighted by Gasteiger charge is -2.18. The molecule has 2 aromatic carbocycles. The molecule has 0 aliphatic rings. The number of ketones is 1. The summed E-state index contributed by atoms with van der Waals surface area (Å²) in [5.41, 5.74) is 2.60. The van der Waals surface area contributed by atoms with Crippen molar-refractivity contribution in [1.82, 2.24) is 9.78 Å². The van der Waals surface area contributed by atoms with Crippen molar-refractivity contribution in [2.24, 2.45) is 0 Å². The van der Waals surface area contributed by atoms with E-state index in [1.165, 1.54) is 0 Å². The number of nitrogens with zero attached hydrogens (tertiary/aromatic N) is 2. The molecule has 0 N–H and O–H groups in total. The molecule has 0 bridgehead atoms. The Morgan fingerprint density at radius 3 is 2.14 bits per heavy atom. The molecule has 1 heterocycles. The molecule has 0 saturated heterocycles. The Labute approximate surface area is 123 Å². The van der Waals surface area contributed by atoms with Crippen LogP contribution in [0.25, 0.3) is 0 Å². The molecule has 0 saturated carbocycles. The van der Waals surface area contributed by atoms with Crippen LogP contribution in [0.15, 0.2) is 72.9 Å². The molecule has 0 amide bonds. The molecule has 3 nitrogen and oxygen atoms in total. The predicted octanol–water partition coefficient (Wildman–Crippen LogP) is 3.66. The Morgan fingerprint density at radius 2 is 1.57 bits per heavy atom. The summed E-state index contributed by atoms with van der Waals surface area (Å²) < 4.78 is 1.78. The first kappa shape index (κ1) is 13.3. The van der Waals surface area contributed by atoms with E-state index in [4.69, 9.17) is 0 Å². The molecular weight excluding hydrogens is 260 g/mol. The van der Waals surface area contributed by atoms with Gasteiger partial charge in [0.15, 0.2) is 5.78 Å². The molecule has 0 radical (unpaired) electrons. The fourth-order valence-electron chi connectivity index (χ4n) is 2.45. The lowest BCUT2D eigenvalue weighted by Crippen LogP contribution is -2.23. The zero-order valence-electron chi connectivity index (χ0n) is 11.8. The lowest BCUT2D eigenvalue weighted by molar-refractivity contribution is 0.0938. The van der Waals surface area contributed by atoms with E-state index >= 15 is 0 Å². The number of aromatic nitrogens is 2. The van der Waals surface area contributed by atoms with Gasteiger partial charge in [0.05, 0.1) is 0 Å². The van der Waals surface area contributed by atoms with Crippen LogP contribution in [0.2, 0.25) is 0 Å². The molecule has 1 atom stereocenters. The van der Waals surface area contributed by atoms with Gasteiger partial charge in [-0.1, -0.05) is 60.7 Å². The quantitative estimate of drug-likeness (QED) is 0.681. The zero-order valence-corrected chi connectivity index (χ0v) is 11.8. The fraction of sp³-hybridized carbons (Fsp3) is 0.111. The van der Waals surface area contributed by atoms with E-state index in [9.17, 15) is 4.79 Å². The maximum Gasteiger partial charge on any atom is 0.191 e. The number of carbonyl (C=O) groups is 1. The smallest absolute Gasteiger partial charge is 0.191 e. The largest absolute Gasteiger partial charge is 0.291 e. The standard InChI is InChI=1S/C18H16N2O/c1-14-12-13-19-20(14)17(15-8-4-2-5-9-15)18(21)16-10-6-3-7-11-16/h2-13,17H,1H3. The van der Waals surface area contributed by atoms with Gasteiger partial charge in [-0.05, 0) is 18.6 Å². The second-order valence-corrected chi connectivity index (χ2v) is 4.96. The average molecular weight is 276 g/mol. The third-order valence-electron chi connectivity index (χ3n) is 3.53. The molecule has 21 heavy (non-hydrogen) atoms. The van der Waals surface area contributed by atoms with Crippen molar-refractivity contribution in [3.63, 3.8) is 0 Å². The summed E-state index contributed by atoms with van der Waals surface area (Å²) in [4.78, 5) is 12.9. The number of hydrogen-bond donors (Lipinski definition) is 0. The average Bonchev–Trinajstić information content (AvgIpc) is 2.95. The van der Waals surface area contributed by atoms with Crippen molar-refractivity contribution >= 4 is 5.78 Å². The van der Waals surface area contributed by atoms with Crippen LogP contribution in [0, 0.1) is 6.92 Å². The minimum atomic E-state index is -0.427. The summed E-state index contributed by atoms with van der Waals surface area (Å²) in [7, 11) is 0. The van der Waals surface area contributed by atoms with Crippen LogP contribution in [-0.2, 0) is 0 Å². The summed E-state index contributed by atoms with van der Waals surface area (Å²) >= 11 is 0. The first-order chi connectivity index (χ1) is 10.3. The maximum atomic E-state index is 12.9. The Bertz CT molecular complexity index is 732. The van der Waals surface area contributed by atoms with Gasteiger partial charge >= 0.3 is 0 Å². The van der Waals surface area contributed by atoms with Crippen LogP contribution in [0.4, 0.5) is 0 Å². The van der Waals surface area contributed by atoms with Gasteiger partial charge in [0.2, 0.25) is 0 Å². The van der Waals surface area contributed by atoms with Crippen LogP contribution in [-0.4, -0.2) is 15.6 Å². The van der Waals surface area contributed by atoms with Crippen LogP contribution >= 0.6 is 0 Å². The molecule has 1 aromatic heterocycles. The summed E-state index contributed by atoms with van der Waals surface area (Å²) in [6.07, 6.45) is 1.73. The van der Waals surface area contributed by atoms with Crippen LogP contribution in [0.5, 0.6) is 0 Å². The van der Waals surface area contributed by atoms with Gasteiger partial charge in [-0.3, -0.25) is 9.48 Å². The van der Waals surface area contributed by atoms with Crippen molar-refractivity contribution < 1.29 is 4.79 Å². The molecular formula is C18H16N2O. The van der Waals surface area contributed by atoms with Gasteiger partial charge in [0.1, 0.15) is 6.04 Å². The Morgan fingerprint density at radius 1 is 0.952 bits per heavy atom. The number of carbonyl (C=O) groups excluding carboxylic acids is 1. The molecule has 0 spiro atoms. The third-order valence-corrected chi connectivity index (χ3v) is 3.53. The monoisotopic (exact) mass is 276 g/mol. The molecule has 3 heteroatoms. The molecule has 0 fully saturated rings. The molecule has 3 aromatic rings. The Balaban J connectivity index is 2.10. The van der Waals surface area contributed by atoms with E-state index in [0.29, 0.717) is 5.56 Å². The number of hydrogen-bond acceptors (Lipinski definition) is 2. The van der Waals surface area contributed by atoms with Crippen LogP contribution in [0.3, 0.4) is 0 Å². The third kappa shape index (κ3) is 2.63. The van der Waals surface area contributed by atoms with Gasteiger partial charge < -0.3 is 0 Å². The number of benzene rings is 2. The fourth-order valence-corrected chi connectivity index (χ4v) is 2.45. The van der Waals surface area contributed by atoms with E-state index in [1.807, 2.05) is 73.7 Å². The SMILES string of the molecule is Cc1ccnn1C(C(=O)c1ccccc1)c1ccccc1. The molecule has 104 valence electrons. The Kier molecular flexibility index (Phi) is 3.65. The Hall–Kier alpha value is -2.68.